The minimum Gasteiger partial charge on any atom is -0.493 e. The summed E-state index contributed by atoms with van der Waals surface area (Å²) in [7, 11) is 3.14. The third kappa shape index (κ3) is 3.64. The molecule has 1 heterocycles. The molecule has 1 aliphatic rings. The van der Waals surface area contributed by atoms with Gasteiger partial charge in [0.1, 0.15) is 6.33 Å². The maximum absolute atomic E-state index is 12.4. The molecule has 1 aromatic carbocycles. The Hall–Kier alpha value is -2.22. The lowest BCUT2D eigenvalue weighted by molar-refractivity contribution is -0.115. The number of hydrogen-bond acceptors (Lipinski definition) is 6. The Labute approximate surface area is 144 Å². The van der Waals surface area contributed by atoms with Crippen molar-refractivity contribution < 1.29 is 14.3 Å². The van der Waals surface area contributed by atoms with E-state index in [1.165, 1.54) is 11.8 Å². The summed E-state index contributed by atoms with van der Waals surface area (Å²) in [4.78, 5) is 12.4. The maximum Gasteiger partial charge on any atom is 0.237 e. The molecule has 1 saturated carbocycles. The van der Waals surface area contributed by atoms with Crippen LogP contribution in [0.1, 0.15) is 25.8 Å². The van der Waals surface area contributed by atoms with Crippen molar-refractivity contribution in [3.63, 3.8) is 0 Å². The first-order valence-electron chi connectivity index (χ1n) is 7.71. The Morgan fingerprint density at radius 2 is 2.08 bits per heavy atom. The molecule has 128 valence electrons. The van der Waals surface area contributed by atoms with Crippen LogP contribution in [0.2, 0.25) is 0 Å². The van der Waals surface area contributed by atoms with Gasteiger partial charge in [-0.2, -0.15) is 0 Å². The van der Waals surface area contributed by atoms with Crippen LogP contribution in [-0.2, 0) is 4.79 Å². The number of thioether (sulfide) groups is 1. The number of aromatic nitrogens is 3. The van der Waals surface area contributed by atoms with Crippen LogP contribution >= 0.6 is 11.8 Å². The third-order valence-corrected chi connectivity index (χ3v) is 4.85. The van der Waals surface area contributed by atoms with E-state index in [2.05, 4.69) is 15.5 Å². The Bertz CT molecular complexity index is 730. The number of anilines is 1. The van der Waals surface area contributed by atoms with Gasteiger partial charge in [-0.1, -0.05) is 11.8 Å². The fraction of sp³-hybridized carbons (Fsp3) is 0.438. The van der Waals surface area contributed by atoms with Crippen molar-refractivity contribution in [3.8, 4) is 11.5 Å². The van der Waals surface area contributed by atoms with Gasteiger partial charge >= 0.3 is 0 Å². The number of carbonyl (C=O) groups excluding carboxylic acids is 1. The third-order valence-electron chi connectivity index (χ3n) is 3.78. The normalized spacial score (nSPS) is 15.0. The predicted octanol–water partition coefficient (Wildman–Crippen LogP) is 2.75. The molecule has 1 aliphatic carbocycles. The van der Waals surface area contributed by atoms with Gasteiger partial charge in [-0.25, -0.2) is 0 Å². The summed E-state index contributed by atoms with van der Waals surface area (Å²) in [6.07, 6.45) is 4.04. The van der Waals surface area contributed by atoms with Crippen LogP contribution in [0.15, 0.2) is 29.7 Å². The summed E-state index contributed by atoms with van der Waals surface area (Å²) in [6.45, 7) is 1.85. The molecule has 8 heteroatoms. The topological polar surface area (TPSA) is 78.3 Å². The molecule has 0 spiro atoms. The van der Waals surface area contributed by atoms with E-state index in [-0.39, 0.29) is 11.2 Å². The second-order valence-corrected chi connectivity index (χ2v) is 6.88. The number of ether oxygens (including phenoxy) is 2. The average Bonchev–Trinajstić information content (AvgIpc) is 3.34. The zero-order chi connectivity index (χ0) is 17.1. The van der Waals surface area contributed by atoms with Crippen molar-refractivity contribution in [2.24, 2.45) is 0 Å². The van der Waals surface area contributed by atoms with Crippen LogP contribution in [0.4, 0.5) is 5.69 Å². The lowest BCUT2D eigenvalue weighted by Gasteiger charge is -2.14. The number of nitrogens with one attached hydrogen (secondary N) is 1. The van der Waals surface area contributed by atoms with E-state index in [0.29, 0.717) is 23.2 Å². The number of benzene rings is 1. The molecule has 7 nitrogen and oxygen atoms in total. The van der Waals surface area contributed by atoms with E-state index in [0.717, 1.165) is 18.0 Å². The van der Waals surface area contributed by atoms with E-state index >= 15 is 0 Å². The van der Waals surface area contributed by atoms with Gasteiger partial charge in [-0.15, -0.1) is 10.2 Å². The first-order valence-corrected chi connectivity index (χ1v) is 8.59. The number of amides is 1. The highest BCUT2D eigenvalue weighted by Crippen LogP contribution is 2.38. The Morgan fingerprint density at radius 1 is 1.33 bits per heavy atom. The van der Waals surface area contributed by atoms with Crippen LogP contribution in [0, 0.1) is 0 Å². The van der Waals surface area contributed by atoms with Gasteiger partial charge in [0.25, 0.3) is 0 Å². The van der Waals surface area contributed by atoms with Gasteiger partial charge in [0.2, 0.25) is 5.91 Å². The number of methoxy groups -OCH3 is 2. The highest BCUT2D eigenvalue weighted by Gasteiger charge is 2.28. The standard InChI is InChI=1S/C16H20N4O3S/c1-10(24-16-19-17-9-20(16)12-5-6-12)15(21)18-11-4-7-13(22-2)14(8-11)23-3/h4,7-10,12H,5-6H2,1-3H3,(H,18,21)/t10-/m0/s1. The number of carbonyl (C=O) groups is 1. The van der Waals surface area contributed by atoms with Gasteiger partial charge in [0.05, 0.1) is 19.5 Å². The number of nitrogens with zero attached hydrogens (tertiary/aromatic N) is 3. The Morgan fingerprint density at radius 3 is 2.75 bits per heavy atom. The molecule has 0 radical (unpaired) electrons. The van der Waals surface area contributed by atoms with Crippen molar-refractivity contribution >= 4 is 23.4 Å². The van der Waals surface area contributed by atoms with E-state index in [1.54, 1.807) is 38.7 Å². The maximum atomic E-state index is 12.4. The Kier molecular flexibility index (Phi) is 4.94. The summed E-state index contributed by atoms with van der Waals surface area (Å²) in [5, 5.41) is 11.5. The molecule has 0 saturated heterocycles. The Balaban J connectivity index is 1.64. The van der Waals surface area contributed by atoms with E-state index < -0.39 is 0 Å². The average molecular weight is 348 g/mol. The van der Waals surface area contributed by atoms with Crippen molar-refractivity contribution in [1.82, 2.24) is 14.8 Å². The lowest BCUT2D eigenvalue weighted by Crippen LogP contribution is -2.22. The van der Waals surface area contributed by atoms with Crippen molar-refractivity contribution in [1.29, 1.82) is 0 Å². The largest absolute Gasteiger partial charge is 0.493 e. The monoisotopic (exact) mass is 348 g/mol. The molecule has 1 amide bonds. The smallest absolute Gasteiger partial charge is 0.237 e. The first-order chi connectivity index (χ1) is 11.6. The zero-order valence-electron chi connectivity index (χ0n) is 13.9. The molecule has 1 aromatic heterocycles. The minimum atomic E-state index is -0.292. The molecular weight excluding hydrogens is 328 g/mol. The molecule has 1 fully saturated rings. The van der Waals surface area contributed by atoms with Gasteiger partial charge in [-0.05, 0) is 31.9 Å². The second-order valence-electron chi connectivity index (χ2n) is 5.57. The number of rotatable bonds is 7. The van der Waals surface area contributed by atoms with Gasteiger partial charge in [0.15, 0.2) is 16.7 Å². The molecule has 1 N–H and O–H groups in total. The van der Waals surface area contributed by atoms with Crippen molar-refractivity contribution in [2.75, 3.05) is 19.5 Å². The van der Waals surface area contributed by atoms with Crippen LogP contribution in [0.25, 0.3) is 0 Å². The summed E-state index contributed by atoms with van der Waals surface area (Å²) in [6, 6.07) is 5.77. The number of hydrogen-bond donors (Lipinski definition) is 1. The summed E-state index contributed by atoms with van der Waals surface area (Å²) >= 11 is 1.41. The second kappa shape index (κ2) is 7.12. The van der Waals surface area contributed by atoms with Gasteiger partial charge in [-0.3, -0.25) is 4.79 Å². The van der Waals surface area contributed by atoms with Crippen LogP contribution < -0.4 is 14.8 Å². The molecule has 1 atom stereocenters. The van der Waals surface area contributed by atoms with Gasteiger partial charge in [0, 0.05) is 17.8 Å². The minimum absolute atomic E-state index is 0.0995. The van der Waals surface area contributed by atoms with E-state index in [4.69, 9.17) is 9.47 Å². The predicted molar refractivity (Wildman–Crippen MR) is 91.8 cm³/mol. The summed E-state index contributed by atoms with van der Waals surface area (Å²) in [5.74, 6) is 1.09. The molecular formula is C16H20N4O3S. The van der Waals surface area contributed by atoms with E-state index in [1.807, 2.05) is 11.5 Å². The van der Waals surface area contributed by atoms with Crippen LogP contribution in [0.3, 0.4) is 0 Å². The van der Waals surface area contributed by atoms with Crippen LogP contribution in [-0.4, -0.2) is 40.1 Å². The zero-order valence-corrected chi connectivity index (χ0v) is 14.7. The molecule has 0 bridgehead atoms. The highest BCUT2D eigenvalue weighted by molar-refractivity contribution is 8.00. The molecule has 0 aliphatic heterocycles. The molecule has 3 rings (SSSR count). The van der Waals surface area contributed by atoms with E-state index in [9.17, 15) is 4.79 Å². The van der Waals surface area contributed by atoms with Crippen LogP contribution in [0.5, 0.6) is 11.5 Å². The lowest BCUT2D eigenvalue weighted by atomic mass is 10.2. The first kappa shape index (κ1) is 16.6. The fourth-order valence-corrected chi connectivity index (χ4v) is 3.18. The van der Waals surface area contributed by atoms with Gasteiger partial charge < -0.3 is 19.4 Å². The fourth-order valence-electron chi connectivity index (χ4n) is 2.29. The summed E-state index contributed by atoms with van der Waals surface area (Å²) in [5.41, 5.74) is 0.661. The summed E-state index contributed by atoms with van der Waals surface area (Å²) < 4.78 is 12.5. The SMILES string of the molecule is COc1ccc(NC(=O)[C@H](C)Sc2nncn2C2CC2)cc1OC. The highest BCUT2D eigenvalue weighted by atomic mass is 32.2. The van der Waals surface area contributed by atoms with Crippen molar-refractivity contribution in [3.05, 3.63) is 24.5 Å². The molecule has 0 unspecified atom stereocenters. The molecule has 2 aromatic rings. The van der Waals surface area contributed by atoms with Crippen molar-refractivity contribution in [2.45, 2.75) is 36.2 Å². The quantitative estimate of drug-likeness (QED) is 0.775. The molecule has 24 heavy (non-hydrogen) atoms.